The number of sulfonamides is 1. The highest BCUT2D eigenvalue weighted by atomic mass is 32.2. The number of likely N-dealkylation sites (tertiary alicyclic amines) is 1. The zero-order valence-electron chi connectivity index (χ0n) is 17.1. The SMILES string of the molecule is Cc1ccc(S(=O)(=O)N2CCC(C)CC2)cc1C(=O)NCCCN1CCCC1. The maximum absolute atomic E-state index is 13.0. The molecule has 0 unspecified atom stereocenters. The van der Waals surface area contributed by atoms with E-state index in [1.54, 1.807) is 22.5 Å². The molecule has 2 aliphatic rings. The van der Waals surface area contributed by atoms with Crippen LogP contribution in [0.1, 0.15) is 54.9 Å². The lowest BCUT2D eigenvalue weighted by Gasteiger charge is -2.29. The molecule has 2 saturated heterocycles. The first kappa shape index (κ1) is 21.3. The molecular weight excluding hydrogens is 374 g/mol. The van der Waals surface area contributed by atoms with Gasteiger partial charge in [0.1, 0.15) is 0 Å². The Morgan fingerprint density at radius 2 is 1.82 bits per heavy atom. The van der Waals surface area contributed by atoms with Gasteiger partial charge in [0, 0.05) is 25.2 Å². The van der Waals surface area contributed by atoms with Gasteiger partial charge in [-0.1, -0.05) is 13.0 Å². The Morgan fingerprint density at radius 1 is 1.14 bits per heavy atom. The highest BCUT2D eigenvalue weighted by Crippen LogP contribution is 2.25. The highest BCUT2D eigenvalue weighted by Gasteiger charge is 2.28. The lowest BCUT2D eigenvalue weighted by atomic mass is 10.0. The predicted octanol–water partition coefficient (Wildman–Crippen LogP) is 2.63. The third kappa shape index (κ3) is 5.13. The van der Waals surface area contributed by atoms with E-state index >= 15 is 0 Å². The second-order valence-corrected chi connectivity index (χ2v) is 10.2. The van der Waals surface area contributed by atoms with Crippen LogP contribution in [0.4, 0.5) is 0 Å². The van der Waals surface area contributed by atoms with Crippen molar-refractivity contribution in [2.45, 2.75) is 50.8 Å². The average molecular weight is 408 g/mol. The summed E-state index contributed by atoms with van der Waals surface area (Å²) in [6.45, 7) is 9.02. The average Bonchev–Trinajstić information content (AvgIpc) is 3.19. The number of piperidine rings is 1. The molecule has 2 fully saturated rings. The van der Waals surface area contributed by atoms with Gasteiger partial charge in [-0.25, -0.2) is 8.42 Å². The van der Waals surface area contributed by atoms with E-state index in [-0.39, 0.29) is 10.8 Å². The monoisotopic (exact) mass is 407 g/mol. The van der Waals surface area contributed by atoms with Crippen molar-refractivity contribution in [3.8, 4) is 0 Å². The quantitative estimate of drug-likeness (QED) is 0.706. The zero-order chi connectivity index (χ0) is 20.1. The van der Waals surface area contributed by atoms with Gasteiger partial charge >= 0.3 is 0 Å². The van der Waals surface area contributed by atoms with E-state index in [1.807, 2.05) is 6.92 Å². The summed E-state index contributed by atoms with van der Waals surface area (Å²) in [6, 6.07) is 4.89. The van der Waals surface area contributed by atoms with Crippen molar-refractivity contribution < 1.29 is 13.2 Å². The molecule has 0 aliphatic carbocycles. The van der Waals surface area contributed by atoms with E-state index in [0.29, 0.717) is 31.1 Å². The molecule has 1 N–H and O–H groups in total. The molecule has 0 saturated carbocycles. The van der Waals surface area contributed by atoms with E-state index in [0.717, 1.165) is 44.5 Å². The summed E-state index contributed by atoms with van der Waals surface area (Å²) >= 11 is 0. The smallest absolute Gasteiger partial charge is 0.251 e. The number of nitrogens with zero attached hydrogens (tertiary/aromatic N) is 2. The van der Waals surface area contributed by atoms with Crippen molar-refractivity contribution in [1.82, 2.24) is 14.5 Å². The summed E-state index contributed by atoms with van der Waals surface area (Å²) < 4.78 is 27.5. The minimum atomic E-state index is -3.55. The van der Waals surface area contributed by atoms with Crippen molar-refractivity contribution in [3.05, 3.63) is 29.3 Å². The first-order valence-corrected chi connectivity index (χ1v) is 11.9. The normalized spacial score (nSPS) is 19.8. The van der Waals surface area contributed by atoms with Crippen molar-refractivity contribution in [3.63, 3.8) is 0 Å². The third-order valence-corrected chi connectivity index (χ3v) is 7.86. The number of aryl methyl sites for hydroxylation is 1. The van der Waals surface area contributed by atoms with Crippen LogP contribution in [0.3, 0.4) is 0 Å². The van der Waals surface area contributed by atoms with Gasteiger partial charge in [0.05, 0.1) is 4.90 Å². The van der Waals surface area contributed by atoms with E-state index in [2.05, 4.69) is 17.1 Å². The standard InChI is InChI=1S/C21H33N3O3S/c1-17-8-14-24(15-9-17)28(26,27)19-7-6-18(2)20(16-19)21(25)22-10-5-13-23-11-3-4-12-23/h6-7,16-17H,3-5,8-15H2,1-2H3,(H,22,25). The van der Waals surface area contributed by atoms with Gasteiger partial charge in [0.15, 0.2) is 0 Å². The summed E-state index contributed by atoms with van der Waals surface area (Å²) in [6.07, 6.45) is 5.21. The highest BCUT2D eigenvalue weighted by molar-refractivity contribution is 7.89. The van der Waals surface area contributed by atoms with Gasteiger partial charge in [0.25, 0.3) is 5.91 Å². The summed E-state index contributed by atoms with van der Waals surface area (Å²) in [5.74, 6) is 0.370. The fourth-order valence-corrected chi connectivity index (χ4v) is 5.48. The molecule has 0 bridgehead atoms. The largest absolute Gasteiger partial charge is 0.352 e. The number of hydrogen-bond donors (Lipinski definition) is 1. The molecular formula is C21H33N3O3S. The Kier molecular flexibility index (Phi) is 7.12. The number of benzene rings is 1. The number of amides is 1. The predicted molar refractivity (Wildman–Crippen MR) is 111 cm³/mol. The molecule has 0 radical (unpaired) electrons. The molecule has 0 atom stereocenters. The second kappa shape index (κ2) is 9.37. The Balaban J connectivity index is 1.62. The topological polar surface area (TPSA) is 69.7 Å². The van der Waals surface area contributed by atoms with Crippen LogP contribution >= 0.6 is 0 Å². The molecule has 2 heterocycles. The minimum Gasteiger partial charge on any atom is -0.352 e. The van der Waals surface area contributed by atoms with Crippen molar-refractivity contribution in [2.24, 2.45) is 5.92 Å². The summed E-state index contributed by atoms with van der Waals surface area (Å²) in [4.78, 5) is 15.3. The number of carbonyl (C=O) groups is 1. The van der Waals surface area contributed by atoms with Crippen molar-refractivity contribution in [2.75, 3.05) is 39.3 Å². The van der Waals surface area contributed by atoms with E-state index in [9.17, 15) is 13.2 Å². The Bertz CT molecular complexity index is 780. The van der Waals surface area contributed by atoms with Gasteiger partial charge < -0.3 is 10.2 Å². The summed E-state index contributed by atoms with van der Waals surface area (Å²) in [7, 11) is -3.55. The Labute approximate surface area is 169 Å². The van der Waals surface area contributed by atoms with Crippen LogP contribution in [0, 0.1) is 12.8 Å². The molecule has 156 valence electrons. The third-order valence-electron chi connectivity index (χ3n) is 5.97. The molecule has 1 aromatic carbocycles. The van der Waals surface area contributed by atoms with E-state index in [1.165, 1.54) is 12.8 Å². The molecule has 7 heteroatoms. The molecule has 0 spiro atoms. The zero-order valence-corrected chi connectivity index (χ0v) is 17.9. The molecule has 1 amide bonds. The Morgan fingerprint density at radius 3 is 2.50 bits per heavy atom. The maximum Gasteiger partial charge on any atom is 0.251 e. The van der Waals surface area contributed by atoms with Crippen LogP contribution in [0.2, 0.25) is 0 Å². The number of hydrogen-bond acceptors (Lipinski definition) is 4. The minimum absolute atomic E-state index is 0.191. The summed E-state index contributed by atoms with van der Waals surface area (Å²) in [5, 5.41) is 2.95. The lowest BCUT2D eigenvalue weighted by molar-refractivity contribution is 0.0951. The van der Waals surface area contributed by atoms with Crippen LogP contribution in [0.25, 0.3) is 0 Å². The van der Waals surface area contributed by atoms with Gasteiger partial charge in [0.2, 0.25) is 10.0 Å². The van der Waals surface area contributed by atoms with Crippen LogP contribution in [0.15, 0.2) is 23.1 Å². The molecule has 6 nitrogen and oxygen atoms in total. The number of nitrogens with one attached hydrogen (secondary N) is 1. The van der Waals surface area contributed by atoms with Crippen LogP contribution in [-0.2, 0) is 10.0 Å². The van der Waals surface area contributed by atoms with Crippen LogP contribution in [0.5, 0.6) is 0 Å². The number of rotatable bonds is 7. The first-order chi connectivity index (χ1) is 13.4. The second-order valence-electron chi connectivity index (χ2n) is 8.22. The molecule has 28 heavy (non-hydrogen) atoms. The van der Waals surface area contributed by atoms with Gasteiger partial charge in [-0.15, -0.1) is 0 Å². The van der Waals surface area contributed by atoms with Gasteiger partial charge in [-0.2, -0.15) is 4.31 Å². The fraction of sp³-hybridized carbons (Fsp3) is 0.667. The van der Waals surface area contributed by atoms with Crippen LogP contribution in [-0.4, -0.2) is 62.8 Å². The van der Waals surface area contributed by atoms with Gasteiger partial charge in [-0.05, 0) is 82.3 Å². The van der Waals surface area contributed by atoms with E-state index < -0.39 is 10.0 Å². The van der Waals surface area contributed by atoms with Crippen molar-refractivity contribution >= 4 is 15.9 Å². The molecule has 3 rings (SSSR count). The Hall–Kier alpha value is -1.44. The van der Waals surface area contributed by atoms with Gasteiger partial charge in [-0.3, -0.25) is 4.79 Å². The van der Waals surface area contributed by atoms with Crippen molar-refractivity contribution in [1.29, 1.82) is 0 Å². The summed E-state index contributed by atoms with van der Waals surface area (Å²) in [5.41, 5.74) is 1.25. The van der Waals surface area contributed by atoms with E-state index in [4.69, 9.17) is 0 Å². The lowest BCUT2D eigenvalue weighted by Crippen LogP contribution is -2.38. The first-order valence-electron chi connectivity index (χ1n) is 10.5. The maximum atomic E-state index is 13.0. The fourth-order valence-electron chi connectivity index (χ4n) is 3.99. The number of carbonyl (C=O) groups excluding carboxylic acids is 1. The molecule has 0 aromatic heterocycles. The molecule has 1 aromatic rings. The van der Waals surface area contributed by atoms with Crippen LogP contribution < -0.4 is 5.32 Å². The molecule has 2 aliphatic heterocycles.